The Balaban J connectivity index is 1.84. The summed E-state index contributed by atoms with van der Waals surface area (Å²) in [6.07, 6.45) is 4.21. The average Bonchev–Trinajstić information content (AvgIpc) is 3.05. The van der Waals surface area contributed by atoms with E-state index < -0.39 is 11.5 Å². The van der Waals surface area contributed by atoms with Gasteiger partial charge in [0.05, 0.1) is 18.6 Å². The van der Waals surface area contributed by atoms with E-state index in [9.17, 15) is 14.4 Å². The molecule has 6 nitrogen and oxygen atoms in total. The van der Waals surface area contributed by atoms with Crippen molar-refractivity contribution in [3.8, 4) is 5.75 Å². The molecule has 0 aromatic heterocycles. The zero-order valence-corrected chi connectivity index (χ0v) is 15.3. The summed E-state index contributed by atoms with van der Waals surface area (Å²) >= 11 is 0. The van der Waals surface area contributed by atoms with E-state index >= 15 is 0 Å². The number of rotatable bonds is 10. The summed E-state index contributed by atoms with van der Waals surface area (Å²) in [5.74, 6) is -0.558. The molecule has 0 aliphatic heterocycles. The Morgan fingerprint density at radius 3 is 2.35 bits per heavy atom. The van der Waals surface area contributed by atoms with Gasteiger partial charge in [-0.3, -0.25) is 14.4 Å². The van der Waals surface area contributed by atoms with Gasteiger partial charge in [-0.2, -0.15) is 0 Å². The standard InChI is InChI=1S/C20H27NO5/c1-2-13-26-16-7-5-15(6-8-16)17(22)9-10-18(23)21-20(14-19(24)25)11-3-4-12-20/h5-8H,2-4,9-14H2,1H3,(H,21,23)(H,24,25). The second kappa shape index (κ2) is 9.36. The first kappa shape index (κ1) is 19.9. The monoisotopic (exact) mass is 361 g/mol. The molecule has 1 aromatic rings. The summed E-state index contributed by atoms with van der Waals surface area (Å²) in [4.78, 5) is 35.5. The van der Waals surface area contributed by atoms with Crippen LogP contribution in [0.3, 0.4) is 0 Å². The highest BCUT2D eigenvalue weighted by Crippen LogP contribution is 2.32. The van der Waals surface area contributed by atoms with Gasteiger partial charge >= 0.3 is 5.97 Å². The Hall–Kier alpha value is -2.37. The summed E-state index contributed by atoms with van der Waals surface area (Å²) < 4.78 is 5.48. The van der Waals surface area contributed by atoms with Gasteiger partial charge in [0.15, 0.2) is 5.78 Å². The second-order valence-electron chi connectivity index (χ2n) is 6.90. The number of Topliss-reactive ketones (excluding diaryl/α,β-unsaturated/α-hetero) is 1. The van der Waals surface area contributed by atoms with E-state index in [4.69, 9.17) is 9.84 Å². The molecule has 1 saturated carbocycles. The molecule has 1 aliphatic carbocycles. The predicted molar refractivity (Wildman–Crippen MR) is 97.4 cm³/mol. The van der Waals surface area contributed by atoms with Crippen LogP contribution < -0.4 is 10.1 Å². The van der Waals surface area contributed by atoms with Gasteiger partial charge in [0, 0.05) is 18.4 Å². The lowest BCUT2D eigenvalue weighted by atomic mass is 9.92. The lowest BCUT2D eigenvalue weighted by Gasteiger charge is -2.28. The molecule has 0 saturated heterocycles. The van der Waals surface area contributed by atoms with E-state index in [2.05, 4.69) is 5.32 Å². The van der Waals surface area contributed by atoms with E-state index in [1.54, 1.807) is 24.3 Å². The van der Waals surface area contributed by atoms with E-state index in [0.717, 1.165) is 25.0 Å². The van der Waals surface area contributed by atoms with Crippen LogP contribution in [0.5, 0.6) is 5.75 Å². The van der Waals surface area contributed by atoms with Crippen LogP contribution in [0.25, 0.3) is 0 Å². The molecule has 0 heterocycles. The number of carboxylic acids is 1. The minimum atomic E-state index is -0.909. The largest absolute Gasteiger partial charge is 0.494 e. The van der Waals surface area contributed by atoms with Crippen molar-refractivity contribution in [3.63, 3.8) is 0 Å². The van der Waals surface area contributed by atoms with E-state index in [1.807, 2.05) is 6.92 Å². The lowest BCUT2D eigenvalue weighted by molar-refractivity contribution is -0.139. The Kier molecular flexibility index (Phi) is 7.18. The first-order chi connectivity index (χ1) is 12.4. The van der Waals surface area contributed by atoms with Crippen LogP contribution in [0.15, 0.2) is 24.3 Å². The number of ketones is 1. The fourth-order valence-electron chi connectivity index (χ4n) is 3.37. The van der Waals surface area contributed by atoms with Crippen molar-refractivity contribution >= 4 is 17.7 Å². The Bertz CT molecular complexity index is 632. The summed E-state index contributed by atoms with van der Waals surface area (Å²) in [6.45, 7) is 2.65. The zero-order valence-electron chi connectivity index (χ0n) is 15.3. The van der Waals surface area contributed by atoms with Gasteiger partial charge in [0.2, 0.25) is 5.91 Å². The van der Waals surface area contributed by atoms with Crippen LogP contribution >= 0.6 is 0 Å². The molecule has 6 heteroatoms. The van der Waals surface area contributed by atoms with Crippen molar-refractivity contribution in [1.29, 1.82) is 0 Å². The summed E-state index contributed by atoms with van der Waals surface area (Å²) in [5.41, 5.74) is -0.104. The van der Waals surface area contributed by atoms with Crippen molar-refractivity contribution in [1.82, 2.24) is 5.32 Å². The third kappa shape index (κ3) is 5.86. The molecular weight excluding hydrogens is 334 g/mol. The number of aliphatic carboxylic acids is 1. The van der Waals surface area contributed by atoms with Gasteiger partial charge < -0.3 is 15.2 Å². The SMILES string of the molecule is CCCOc1ccc(C(=O)CCC(=O)NC2(CC(=O)O)CCCC2)cc1. The van der Waals surface area contributed by atoms with Crippen LogP contribution in [0.4, 0.5) is 0 Å². The molecule has 2 N–H and O–H groups in total. The van der Waals surface area contributed by atoms with Gasteiger partial charge in [-0.1, -0.05) is 19.8 Å². The third-order valence-corrected chi connectivity index (χ3v) is 4.68. The summed E-state index contributed by atoms with van der Waals surface area (Å²) in [7, 11) is 0. The molecule has 0 bridgehead atoms. The molecule has 1 amide bonds. The van der Waals surface area contributed by atoms with Crippen LogP contribution in [-0.2, 0) is 9.59 Å². The van der Waals surface area contributed by atoms with Crippen molar-refractivity contribution in [2.24, 2.45) is 0 Å². The van der Waals surface area contributed by atoms with Crippen molar-refractivity contribution in [2.75, 3.05) is 6.61 Å². The molecule has 0 atom stereocenters. The second-order valence-corrected chi connectivity index (χ2v) is 6.90. The number of hydrogen-bond acceptors (Lipinski definition) is 4. The third-order valence-electron chi connectivity index (χ3n) is 4.68. The van der Waals surface area contributed by atoms with Crippen molar-refractivity contribution in [3.05, 3.63) is 29.8 Å². The lowest BCUT2D eigenvalue weighted by Crippen LogP contribution is -2.47. The highest BCUT2D eigenvalue weighted by Gasteiger charge is 2.37. The fraction of sp³-hybridized carbons (Fsp3) is 0.550. The molecule has 1 aromatic carbocycles. The van der Waals surface area contributed by atoms with E-state index in [1.165, 1.54) is 0 Å². The quantitative estimate of drug-likeness (QED) is 0.624. The summed E-state index contributed by atoms with van der Waals surface area (Å²) in [6, 6.07) is 6.91. The molecule has 26 heavy (non-hydrogen) atoms. The van der Waals surface area contributed by atoms with Crippen LogP contribution in [0.2, 0.25) is 0 Å². The Labute approximate surface area is 153 Å². The van der Waals surface area contributed by atoms with Crippen molar-refractivity contribution in [2.45, 2.75) is 63.8 Å². The van der Waals surface area contributed by atoms with Crippen LogP contribution in [0, 0.1) is 0 Å². The van der Waals surface area contributed by atoms with Crippen LogP contribution in [0.1, 0.15) is 68.6 Å². The number of benzene rings is 1. The topological polar surface area (TPSA) is 92.7 Å². The molecule has 0 spiro atoms. The minimum absolute atomic E-state index is 0.0636. The van der Waals surface area contributed by atoms with E-state index in [-0.39, 0.29) is 31.0 Å². The van der Waals surface area contributed by atoms with Gasteiger partial charge in [0.1, 0.15) is 5.75 Å². The maximum atomic E-state index is 12.3. The van der Waals surface area contributed by atoms with E-state index in [0.29, 0.717) is 25.0 Å². The maximum absolute atomic E-state index is 12.3. The number of hydrogen-bond donors (Lipinski definition) is 2. The van der Waals surface area contributed by atoms with Gasteiger partial charge in [0.25, 0.3) is 0 Å². The first-order valence-corrected chi connectivity index (χ1v) is 9.23. The normalized spacial score (nSPS) is 15.4. The molecule has 1 aliphatic rings. The van der Waals surface area contributed by atoms with Gasteiger partial charge in [-0.25, -0.2) is 0 Å². The minimum Gasteiger partial charge on any atom is -0.494 e. The van der Waals surface area contributed by atoms with Crippen LogP contribution in [-0.4, -0.2) is 34.9 Å². The van der Waals surface area contributed by atoms with Gasteiger partial charge in [-0.05, 0) is 43.5 Å². The average molecular weight is 361 g/mol. The van der Waals surface area contributed by atoms with Crippen molar-refractivity contribution < 1.29 is 24.2 Å². The molecular formula is C20H27NO5. The number of nitrogens with one attached hydrogen (secondary N) is 1. The number of carbonyl (C=O) groups is 3. The number of carbonyl (C=O) groups excluding carboxylic acids is 2. The zero-order chi connectivity index (χ0) is 19.0. The molecule has 142 valence electrons. The number of carboxylic acid groups (broad SMARTS) is 1. The molecule has 0 unspecified atom stereocenters. The Morgan fingerprint density at radius 1 is 1.12 bits per heavy atom. The molecule has 1 fully saturated rings. The highest BCUT2D eigenvalue weighted by atomic mass is 16.5. The number of ether oxygens (including phenoxy) is 1. The number of amides is 1. The maximum Gasteiger partial charge on any atom is 0.305 e. The Morgan fingerprint density at radius 2 is 1.77 bits per heavy atom. The smallest absolute Gasteiger partial charge is 0.305 e. The molecule has 0 radical (unpaired) electrons. The molecule has 2 rings (SSSR count). The fourth-order valence-corrected chi connectivity index (χ4v) is 3.37. The summed E-state index contributed by atoms with van der Waals surface area (Å²) in [5, 5.41) is 12.0. The predicted octanol–water partition coefficient (Wildman–Crippen LogP) is 3.34. The van der Waals surface area contributed by atoms with Gasteiger partial charge in [-0.15, -0.1) is 0 Å². The first-order valence-electron chi connectivity index (χ1n) is 9.23. The highest BCUT2D eigenvalue weighted by molar-refractivity contribution is 5.98.